The van der Waals surface area contributed by atoms with E-state index >= 15 is 0 Å². The van der Waals surface area contributed by atoms with E-state index in [1.807, 2.05) is 5.57 Å². The fourth-order valence-electron chi connectivity index (χ4n) is 16.2. The van der Waals surface area contributed by atoms with Gasteiger partial charge in [0.15, 0.2) is 0 Å². The Bertz CT molecular complexity index is 1530. The molecule has 3 unspecified atom stereocenters. The third-order valence-electron chi connectivity index (χ3n) is 16.8. The Morgan fingerprint density at radius 3 is 1.50 bits per heavy atom. The van der Waals surface area contributed by atoms with Gasteiger partial charge in [-0.15, -0.1) is 0 Å². The Hall–Kier alpha value is -0.617. The van der Waals surface area contributed by atoms with Crippen LogP contribution in [0.5, 0.6) is 0 Å². The van der Waals surface area contributed by atoms with E-state index in [0.717, 1.165) is 47.3 Å². The van der Waals surface area contributed by atoms with Gasteiger partial charge in [0.25, 0.3) is 0 Å². The first-order chi connectivity index (χ1) is 22.1. The van der Waals surface area contributed by atoms with E-state index in [4.69, 9.17) is 0 Å². The molecule has 0 radical (unpaired) electrons. The van der Waals surface area contributed by atoms with Crippen molar-refractivity contribution in [3.05, 3.63) is 82.0 Å². The average Bonchev–Trinajstić information content (AvgIpc) is 3.71. The Labute approximate surface area is 321 Å². The molecular weight excluding hydrogens is 703 g/mol. The zero-order valence-corrected chi connectivity index (χ0v) is 32.6. The Balaban J connectivity index is 0.00000105. The van der Waals surface area contributed by atoms with Gasteiger partial charge in [0.1, 0.15) is 0 Å². The van der Waals surface area contributed by atoms with Crippen molar-refractivity contribution in [2.75, 3.05) is 0 Å². The summed E-state index contributed by atoms with van der Waals surface area (Å²) in [4.78, 5) is 0. The molecule has 14 rings (SSSR count). The zero-order valence-electron chi connectivity index (χ0n) is 28.7. The van der Waals surface area contributed by atoms with Gasteiger partial charge in [-0.05, 0) is 199 Å². The average molecular weight is 755 g/mol. The number of fused-ring (bicyclic) bond motifs is 5. The maximum absolute atomic E-state index is 2.83. The summed E-state index contributed by atoms with van der Waals surface area (Å²) >= 11 is 0. The van der Waals surface area contributed by atoms with Gasteiger partial charge in [-0.3, -0.25) is 0 Å². The summed E-state index contributed by atoms with van der Waals surface area (Å²) in [5.74, 6) is 9.03. The van der Waals surface area contributed by atoms with Gasteiger partial charge in [0, 0.05) is 5.92 Å². The SMILES string of the molecule is C1=CC2=C(C1)C1CCCCC1C2C1c2ccc(C34CC5CC(CC(C5)C3)C4)cc2-c2cc(C34CC5CC(CC(C5)C3)C4)ccc21.[Cl-].[Cl-].[Zr+2]. The fourth-order valence-corrected chi connectivity index (χ4v) is 16.2. The molecule has 2 aromatic rings. The van der Waals surface area contributed by atoms with Gasteiger partial charge in [-0.25, -0.2) is 0 Å². The summed E-state index contributed by atoms with van der Waals surface area (Å²) in [6.45, 7) is 0. The van der Waals surface area contributed by atoms with Crippen molar-refractivity contribution in [2.45, 2.75) is 126 Å². The molecule has 8 bridgehead atoms. The number of benzene rings is 2. The molecule has 3 heteroatoms. The van der Waals surface area contributed by atoms with Crippen molar-refractivity contribution >= 4 is 0 Å². The molecule has 9 saturated carbocycles. The van der Waals surface area contributed by atoms with Crippen LogP contribution in [0.15, 0.2) is 59.7 Å². The van der Waals surface area contributed by atoms with Crippen LogP contribution in [-0.2, 0) is 37.0 Å². The predicted octanol–water partition coefficient (Wildman–Crippen LogP) is 5.43. The van der Waals surface area contributed by atoms with Crippen LogP contribution in [0.1, 0.15) is 137 Å². The molecule has 2 aromatic carbocycles. The molecule has 0 aromatic heterocycles. The van der Waals surface area contributed by atoms with Crippen molar-refractivity contribution in [2.24, 2.45) is 53.3 Å². The van der Waals surface area contributed by atoms with Crippen LogP contribution in [-0.4, -0.2) is 0 Å². The molecule has 0 N–H and O–H groups in total. The van der Waals surface area contributed by atoms with E-state index in [0.29, 0.717) is 22.7 Å². The second-order valence-electron chi connectivity index (χ2n) is 19.1. The third-order valence-corrected chi connectivity index (χ3v) is 16.8. The Kier molecular flexibility index (Phi) is 8.10. The standard InChI is InChI=1S/C45H52.2ClH.Zr/c1-2-5-36-34(4-1)35-6-3-7-37(35)42(36)43-38-10-8-32(44-20-26-12-27(21-44)14-28(13-26)22-44)18-40(38)41-19-33(9-11-39(41)43)45-23-29-15-30(24-45)17-31(16-29)25-45;;;/h3,7-11,18-19,26-31,34,36,42-43H,1-2,4-6,12-17,20-25H2;2*1H;/q;;;+2/p-2. The van der Waals surface area contributed by atoms with Crippen molar-refractivity contribution in [1.82, 2.24) is 0 Å². The predicted molar refractivity (Wildman–Crippen MR) is 183 cm³/mol. The summed E-state index contributed by atoms with van der Waals surface area (Å²) in [5.41, 5.74) is 14.9. The van der Waals surface area contributed by atoms with Gasteiger partial charge in [-0.2, -0.15) is 0 Å². The first-order valence-corrected chi connectivity index (χ1v) is 19.8. The van der Waals surface area contributed by atoms with Gasteiger partial charge in [0.2, 0.25) is 0 Å². The van der Waals surface area contributed by atoms with Crippen molar-refractivity contribution < 1.29 is 51.0 Å². The van der Waals surface area contributed by atoms with E-state index in [9.17, 15) is 0 Å². The molecule has 48 heavy (non-hydrogen) atoms. The molecule has 0 spiro atoms. The molecule has 0 heterocycles. The quantitative estimate of drug-likeness (QED) is 0.393. The van der Waals surface area contributed by atoms with Gasteiger partial charge in [-0.1, -0.05) is 67.0 Å². The van der Waals surface area contributed by atoms with E-state index in [-0.39, 0.29) is 51.0 Å². The maximum Gasteiger partial charge on any atom is 2.00 e. The normalized spacial score (nSPS) is 44.4. The number of allylic oxidation sites excluding steroid dienone is 4. The minimum absolute atomic E-state index is 0. The Morgan fingerprint density at radius 2 is 1.02 bits per heavy atom. The Morgan fingerprint density at radius 1 is 0.562 bits per heavy atom. The van der Waals surface area contributed by atoms with Crippen LogP contribution in [0.25, 0.3) is 11.1 Å². The number of hydrogen-bond acceptors (Lipinski definition) is 0. The first kappa shape index (κ1) is 33.2. The van der Waals surface area contributed by atoms with Crippen LogP contribution < -0.4 is 24.8 Å². The topological polar surface area (TPSA) is 0 Å². The monoisotopic (exact) mass is 752 g/mol. The van der Waals surface area contributed by atoms with Gasteiger partial charge >= 0.3 is 26.2 Å². The van der Waals surface area contributed by atoms with Crippen LogP contribution >= 0.6 is 0 Å². The van der Waals surface area contributed by atoms with Crippen LogP contribution in [0.3, 0.4) is 0 Å². The van der Waals surface area contributed by atoms with Crippen molar-refractivity contribution in [3.8, 4) is 11.1 Å². The number of halogens is 2. The summed E-state index contributed by atoms with van der Waals surface area (Å²) in [5, 5.41) is 0. The summed E-state index contributed by atoms with van der Waals surface area (Å²) in [6.07, 6.45) is 30.3. The van der Waals surface area contributed by atoms with E-state index in [1.54, 1.807) is 39.0 Å². The maximum atomic E-state index is 2.83. The van der Waals surface area contributed by atoms with Crippen LogP contribution in [0.4, 0.5) is 0 Å². The van der Waals surface area contributed by atoms with Crippen LogP contribution in [0.2, 0.25) is 0 Å². The molecule has 12 aliphatic carbocycles. The molecule has 0 nitrogen and oxygen atoms in total. The van der Waals surface area contributed by atoms with Gasteiger partial charge in [0.05, 0.1) is 0 Å². The molecule has 0 saturated heterocycles. The third kappa shape index (κ3) is 4.54. The van der Waals surface area contributed by atoms with E-state index in [1.165, 1.54) is 109 Å². The number of hydrogen-bond donors (Lipinski definition) is 0. The molecule has 3 atom stereocenters. The molecule has 0 amide bonds. The molecule has 9 fully saturated rings. The molecular formula is C45H52Cl2Zr. The minimum Gasteiger partial charge on any atom is -1.00 e. The minimum atomic E-state index is 0. The molecule has 250 valence electrons. The fraction of sp³-hybridized carbons (Fsp3) is 0.644. The van der Waals surface area contributed by atoms with Gasteiger partial charge < -0.3 is 24.8 Å². The number of rotatable bonds is 3. The second-order valence-corrected chi connectivity index (χ2v) is 19.1. The van der Waals surface area contributed by atoms with Crippen molar-refractivity contribution in [1.29, 1.82) is 0 Å². The summed E-state index contributed by atoms with van der Waals surface area (Å²) in [7, 11) is 0. The largest absolute Gasteiger partial charge is 2.00 e. The van der Waals surface area contributed by atoms with E-state index in [2.05, 4.69) is 48.6 Å². The summed E-state index contributed by atoms with van der Waals surface area (Å²) < 4.78 is 0. The molecule has 12 aliphatic rings. The summed E-state index contributed by atoms with van der Waals surface area (Å²) in [6, 6.07) is 16.5. The zero-order chi connectivity index (χ0) is 29.1. The smallest absolute Gasteiger partial charge is 1.00 e. The van der Waals surface area contributed by atoms with Crippen LogP contribution in [0, 0.1) is 53.3 Å². The van der Waals surface area contributed by atoms with Crippen molar-refractivity contribution in [3.63, 3.8) is 0 Å². The second kappa shape index (κ2) is 11.7. The van der Waals surface area contributed by atoms with E-state index < -0.39 is 0 Å². The molecule has 0 aliphatic heterocycles. The first-order valence-electron chi connectivity index (χ1n) is 19.8.